The zero-order valence-electron chi connectivity index (χ0n) is 16.7. The van der Waals surface area contributed by atoms with Gasteiger partial charge in [0.2, 0.25) is 0 Å². The Morgan fingerprint density at radius 2 is 1.79 bits per heavy atom. The fourth-order valence-corrected chi connectivity index (χ4v) is 3.40. The van der Waals surface area contributed by atoms with Crippen molar-refractivity contribution in [3.8, 4) is 5.75 Å². The molecule has 28 heavy (non-hydrogen) atoms. The van der Waals surface area contributed by atoms with Crippen LogP contribution in [0, 0.1) is 5.92 Å². The first-order valence-corrected chi connectivity index (χ1v) is 9.86. The second kappa shape index (κ2) is 8.57. The van der Waals surface area contributed by atoms with Crippen molar-refractivity contribution >= 4 is 23.1 Å². The predicted octanol–water partition coefficient (Wildman–Crippen LogP) is 4.74. The Morgan fingerprint density at radius 3 is 2.39 bits per heavy atom. The van der Waals surface area contributed by atoms with Crippen molar-refractivity contribution in [3.63, 3.8) is 0 Å². The van der Waals surface area contributed by atoms with Gasteiger partial charge in [-0.25, -0.2) is 0 Å². The van der Waals surface area contributed by atoms with E-state index >= 15 is 0 Å². The largest absolute Gasteiger partial charge is 0.493 e. The Kier molecular flexibility index (Phi) is 6.15. The lowest BCUT2D eigenvalue weighted by Crippen LogP contribution is -2.45. The van der Waals surface area contributed by atoms with Crippen LogP contribution in [-0.4, -0.2) is 29.5 Å². The molecule has 5 heteroatoms. The van der Waals surface area contributed by atoms with E-state index in [-0.39, 0.29) is 11.8 Å². The molecule has 0 spiro atoms. The number of hydrogen-bond acceptors (Lipinski definition) is 3. The van der Waals surface area contributed by atoms with Crippen molar-refractivity contribution in [1.29, 1.82) is 0 Å². The van der Waals surface area contributed by atoms with Gasteiger partial charge >= 0.3 is 0 Å². The lowest BCUT2D eigenvalue weighted by atomic mass is 9.89. The minimum atomic E-state index is -0.296. The number of allylic oxidation sites excluding steroid dienone is 1. The maximum atomic E-state index is 13.3. The van der Waals surface area contributed by atoms with E-state index in [4.69, 9.17) is 17.0 Å². The van der Waals surface area contributed by atoms with Gasteiger partial charge in [0.25, 0.3) is 0 Å². The van der Waals surface area contributed by atoms with Crippen molar-refractivity contribution in [2.24, 2.45) is 5.92 Å². The van der Waals surface area contributed by atoms with Crippen LogP contribution in [0.4, 0.5) is 0 Å². The molecule has 0 fully saturated rings. The molecule has 1 heterocycles. The second-order valence-corrected chi connectivity index (χ2v) is 7.80. The van der Waals surface area contributed by atoms with Crippen LogP contribution >= 0.6 is 12.2 Å². The van der Waals surface area contributed by atoms with Crippen molar-refractivity contribution < 1.29 is 9.53 Å². The maximum Gasteiger partial charge on any atom is 0.193 e. The van der Waals surface area contributed by atoms with E-state index in [1.807, 2.05) is 73.5 Å². The van der Waals surface area contributed by atoms with Crippen LogP contribution in [0.25, 0.3) is 0 Å². The number of rotatable bonds is 6. The third-order valence-corrected chi connectivity index (χ3v) is 5.22. The van der Waals surface area contributed by atoms with Crippen LogP contribution in [0.2, 0.25) is 0 Å². The maximum absolute atomic E-state index is 13.3. The number of ether oxygens (including phenoxy) is 1. The molecule has 0 aromatic heterocycles. The van der Waals surface area contributed by atoms with Crippen LogP contribution < -0.4 is 10.1 Å². The van der Waals surface area contributed by atoms with Gasteiger partial charge in [-0.2, -0.15) is 0 Å². The molecule has 0 aliphatic carbocycles. The summed E-state index contributed by atoms with van der Waals surface area (Å²) in [6.45, 7) is 6.85. The van der Waals surface area contributed by atoms with E-state index in [1.165, 1.54) is 0 Å². The highest BCUT2D eigenvalue weighted by Gasteiger charge is 2.32. The molecule has 0 saturated heterocycles. The first kappa shape index (κ1) is 20.1. The number of hydrogen-bond donors (Lipinski definition) is 1. The molecule has 3 rings (SSSR count). The summed E-state index contributed by atoms with van der Waals surface area (Å²) in [6.07, 6.45) is 0. The molecule has 1 aliphatic rings. The third-order valence-electron chi connectivity index (χ3n) is 4.83. The average molecular weight is 395 g/mol. The second-order valence-electron chi connectivity index (χ2n) is 7.41. The first-order valence-electron chi connectivity index (χ1n) is 9.46. The van der Waals surface area contributed by atoms with E-state index in [2.05, 4.69) is 19.2 Å². The molecule has 1 N–H and O–H groups in total. The number of nitrogens with zero attached hydrogens (tertiary/aromatic N) is 1. The fraction of sp³-hybridized carbons (Fsp3) is 0.304. The molecule has 2 aromatic carbocycles. The molecule has 0 bridgehead atoms. The molecule has 146 valence electrons. The number of thiocarbonyl (C=S) groups is 1. The number of Topliss-reactive ketones (excluding diaryl/α,β-unsaturated/α-hetero) is 1. The Hall–Kier alpha value is -2.66. The van der Waals surface area contributed by atoms with Crippen molar-refractivity contribution in [2.75, 3.05) is 13.7 Å². The number of nitrogens with one attached hydrogen (secondary N) is 1. The lowest BCUT2D eigenvalue weighted by Gasteiger charge is -2.36. The number of carbonyl (C=O) groups is 1. The highest BCUT2D eigenvalue weighted by Crippen LogP contribution is 2.33. The molecule has 2 aromatic rings. The lowest BCUT2D eigenvalue weighted by molar-refractivity contribution is 0.102. The zero-order chi connectivity index (χ0) is 20.3. The minimum Gasteiger partial charge on any atom is -0.493 e. The highest BCUT2D eigenvalue weighted by molar-refractivity contribution is 7.80. The first-order chi connectivity index (χ1) is 13.4. The summed E-state index contributed by atoms with van der Waals surface area (Å²) in [5.74, 6) is 1.29. The van der Waals surface area contributed by atoms with E-state index in [1.54, 1.807) is 0 Å². The zero-order valence-corrected chi connectivity index (χ0v) is 17.5. The molecular formula is C23H26N2O2S. The fourth-order valence-electron chi connectivity index (χ4n) is 3.14. The van der Waals surface area contributed by atoms with Crippen molar-refractivity contribution in [2.45, 2.75) is 26.8 Å². The molecular weight excluding hydrogens is 368 g/mol. The van der Waals surface area contributed by atoms with Crippen LogP contribution in [0.3, 0.4) is 0 Å². The minimum absolute atomic E-state index is 0.00471. The Balaban J connectivity index is 1.95. The topological polar surface area (TPSA) is 41.6 Å². The number of carbonyl (C=O) groups excluding carboxylic acids is 1. The van der Waals surface area contributed by atoms with Crippen LogP contribution in [0.5, 0.6) is 5.75 Å². The van der Waals surface area contributed by atoms with Gasteiger partial charge in [-0.3, -0.25) is 4.79 Å². The summed E-state index contributed by atoms with van der Waals surface area (Å²) in [5, 5.41) is 3.93. The predicted molar refractivity (Wildman–Crippen MR) is 116 cm³/mol. The van der Waals surface area contributed by atoms with Gasteiger partial charge in [0.1, 0.15) is 5.75 Å². The van der Waals surface area contributed by atoms with E-state index < -0.39 is 0 Å². The van der Waals surface area contributed by atoms with Gasteiger partial charge < -0.3 is 15.0 Å². The monoisotopic (exact) mass is 394 g/mol. The summed E-state index contributed by atoms with van der Waals surface area (Å²) in [5.41, 5.74) is 3.22. The van der Waals surface area contributed by atoms with Crippen LogP contribution in [0.1, 0.15) is 42.7 Å². The standard InChI is InChI=1S/C23H26N2O2S/c1-15(2)14-27-19-12-10-17(11-13-19)21-20(16(3)25(4)23(28)24-21)22(26)18-8-6-5-7-9-18/h5-13,15,21H,14H2,1-4H3,(H,24,28). The van der Waals surface area contributed by atoms with Gasteiger partial charge in [0.15, 0.2) is 10.9 Å². The third kappa shape index (κ3) is 4.25. The molecule has 0 radical (unpaired) electrons. The van der Waals surface area contributed by atoms with Gasteiger partial charge in [-0.1, -0.05) is 56.3 Å². The van der Waals surface area contributed by atoms with Gasteiger partial charge in [0, 0.05) is 23.9 Å². The summed E-state index contributed by atoms with van der Waals surface area (Å²) < 4.78 is 5.78. The molecule has 4 nitrogen and oxygen atoms in total. The molecule has 0 saturated carbocycles. The number of benzene rings is 2. The Morgan fingerprint density at radius 1 is 1.14 bits per heavy atom. The summed E-state index contributed by atoms with van der Waals surface area (Å²) in [6, 6.07) is 16.9. The van der Waals surface area contributed by atoms with Crippen molar-refractivity contribution in [1.82, 2.24) is 10.2 Å². The summed E-state index contributed by atoms with van der Waals surface area (Å²) >= 11 is 5.48. The SMILES string of the molecule is CC1=C(C(=O)c2ccccc2)C(c2ccc(OCC(C)C)cc2)NC(=S)N1C. The van der Waals surface area contributed by atoms with E-state index in [0.717, 1.165) is 17.0 Å². The highest BCUT2D eigenvalue weighted by atomic mass is 32.1. The van der Waals surface area contributed by atoms with E-state index in [0.29, 0.717) is 28.8 Å². The Bertz CT molecular complexity index is 889. The van der Waals surface area contributed by atoms with Gasteiger partial charge in [0.05, 0.1) is 12.6 Å². The van der Waals surface area contributed by atoms with Crippen LogP contribution in [-0.2, 0) is 0 Å². The van der Waals surface area contributed by atoms with Gasteiger partial charge in [-0.05, 0) is 42.8 Å². The summed E-state index contributed by atoms with van der Waals surface area (Å²) in [7, 11) is 1.88. The van der Waals surface area contributed by atoms with Crippen LogP contribution in [0.15, 0.2) is 65.9 Å². The number of ketones is 1. The summed E-state index contributed by atoms with van der Waals surface area (Å²) in [4.78, 5) is 15.1. The molecule has 0 amide bonds. The van der Waals surface area contributed by atoms with E-state index in [9.17, 15) is 4.79 Å². The van der Waals surface area contributed by atoms with Crippen molar-refractivity contribution in [3.05, 3.63) is 77.0 Å². The molecule has 1 atom stereocenters. The molecule has 1 aliphatic heterocycles. The quantitative estimate of drug-likeness (QED) is 0.566. The normalized spacial score (nSPS) is 17.0. The Labute approximate surface area is 172 Å². The molecule has 1 unspecified atom stereocenters. The smallest absolute Gasteiger partial charge is 0.193 e. The van der Waals surface area contributed by atoms with Gasteiger partial charge in [-0.15, -0.1) is 0 Å². The average Bonchev–Trinajstić information content (AvgIpc) is 2.71.